The van der Waals surface area contributed by atoms with E-state index < -0.39 is 6.10 Å². The fraction of sp³-hybridized carbons (Fsp3) is 0.684. The monoisotopic (exact) mass is 404 g/mol. The standard InChI is InChI=1S/C19H30Cl2N2O3/c1-22(8-3-11-25-2)15-6-9-23(10-7-15)13-16(24)14-26-17-4-5-18(20)19(21)12-17/h4-5,12,15-16,24H,3,6-11,13-14H2,1-2H3. The second-order valence-electron chi connectivity index (χ2n) is 6.90. The van der Waals surface area contributed by atoms with Crippen LogP contribution in [0.3, 0.4) is 0 Å². The second-order valence-corrected chi connectivity index (χ2v) is 7.71. The van der Waals surface area contributed by atoms with Gasteiger partial charge in [0.15, 0.2) is 0 Å². The van der Waals surface area contributed by atoms with Gasteiger partial charge in [0.1, 0.15) is 18.5 Å². The van der Waals surface area contributed by atoms with E-state index in [4.69, 9.17) is 32.7 Å². The summed E-state index contributed by atoms with van der Waals surface area (Å²) in [5.41, 5.74) is 0. The molecule has 0 aromatic heterocycles. The topological polar surface area (TPSA) is 45.2 Å². The fourth-order valence-electron chi connectivity index (χ4n) is 3.29. The van der Waals surface area contributed by atoms with Gasteiger partial charge in [0.05, 0.1) is 10.0 Å². The lowest BCUT2D eigenvalue weighted by Gasteiger charge is -2.37. The Labute approximate surface area is 166 Å². The first-order valence-electron chi connectivity index (χ1n) is 9.17. The predicted octanol–water partition coefficient (Wildman–Crippen LogP) is 3.17. The zero-order valence-electron chi connectivity index (χ0n) is 15.7. The molecule has 1 atom stereocenters. The highest BCUT2D eigenvalue weighted by molar-refractivity contribution is 6.42. The van der Waals surface area contributed by atoms with Crippen molar-refractivity contribution in [2.24, 2.45) is 0 Å². The van der Waals surface area contributed by atoms with E-state index in [0.717, 1.165) is 45.5 Å². The third-order valence-corrected chi connectivity index (χ3v) is 5.58. The van der Waals surface area contributed by atoms with Gasteiger partial charge in [-0.2, -0.15) is 0 Å². The lowest BCUT2D eigenvalue weighted by molar-refractivity contribution is 0.0468. The number of halogens is 2. The zero-order chi connectivity index (χ0) is 18.9. The maximum absolute atomic E-state index is 10.3. The average Bonchev–Trinajstić information content (AvgIpc) is 2.63. The van der Waals surface area contributed by atoms with E-state index in [9.17, 15) is 5.11 Å². The summed E-state index contributed by atoms with van der Waals surface area (Å²) in [6, 6.07) is 5.74. The molecule has 1 aromatic carbocycles. The number of nitrogens with zero attached hydrogens (tertiary/aromatic N) is 2. The Morgan fingerprint density at radius 1 is 1.27 bits per heavy atom. The van der Waals surface area contributed by atoms with Crippen LogP contribution in [0, 0.1) is 0 Å². The number of aliphatic hydroxyl groups excluding tert-OH is 1. The maximum Gasteiger partial charge on any atom is 0.121 e. The molecule has 1 fully saturated rings. The SMILES string of the molecule is COCCCN(C)C1CCN(CC(O)COc2ccc(Cl)c(Cl)c2)CC1. The molecular weight excluding hydrogens is 375 g/mol. The van der Waals surface area contributed by atoms with Crippen LogP contribution < -0.4 is 4.74 Å². The Balaban J connectivity index is 1.65. The summed E-state index contributed by atoms with van der Waals surface area (Å²) in [5.74, 6) is 0.620. The Bertz CT molecular complexity index is 540. The summed E-state index contributed by atoms with van der Waals surface area (Å²) in [4.78, 5) is 4.74. The highest BCUT2D eigenvalue weighted by Gasteiger charge is 2.23. The van der Waals surface area contributed by atoms with Gasteiger partial charge in [0.25, 0.3) is 0 Å². The summed E-state index contributed by atoms with van der Waals surface area (Å²) in [7, 11) is 3.94. The average molecular weight is 405 g/mol. The Morgan fingerprint density at radius 3 is 2.65 bits per heavy atom. The molecule has 1 aliphatic heterocycles. The fourth-order valence-corrected chi connectivity index (χ4v) is 3.58. The van der Waals surface area contributed by atoms with Gasteiger partial charge in [0, 0.05) is 38.9 Å². The number of ether oxygens (including phenoxy) is 2. The van der Waals surface area contributed by atoms with Crippen LogP contribution >= 0.6 is 23.2 Å². The number of hydrogen-bond acceptors (Lipinski definition) is 5. The van der Waals surface area contributed by atoms with Crippen molar-refractivity contribution in [3.63, 3.8) is 0 Å². The van der Waals surface area contributed by atoms with E-state index >= 15 is 0 Å². The van der Waals surface area contributed by atoms with Crippen LogP contribution in [-0.4, -0.2) is 80.6 Å². The summed E-state index contributed by atoms with van der Waals surface area (Å²) < 4.78 is 10.7. The molecule has 26 heavy (non-hydrogen) atoms. The third-order valence-electron chi connectivity index (χ3n) is 4.84. The van der Waals surface area contributed by atoms with E-state index in [1.54, 1.807) is 25.3 Å². The Kier molecular flexibility index (Phi) is 9.46. The van der Waals surface area contributed by atoms with Crippen LogP contribution in [0.2, 0.25) is 10.0 Å². The number of methoxy groups -OCH3 is 1. The van der Waals surface area contributed by atoms with E-state index in [1.165, 1.54) is 0 Å². The highest BCUT2D eigenvalue weighted by Crippen LogP contribution is 2.26. The number of rotatable bonds is 10. The van der Waals surface area contributed by atoms with Crippen molar-refractivity contribution in [3.8, 4) is 5.75 Å². The molecule has 1 heterocycles. The summed E-state index contributed by atoms with van der Waals surface area (Å²) >= 11 is 11.9. The molecule has 0 saturated carbocycles. The van der Waals surface area contributed by atoms with Gasteiger partial charge in [-0.25, -0.2) is 0 Å². The van der Waals surface area contributed by atoms with Crippen molar-refractivity contribution in [1.29, 1.82) is 0 Å². The molecule has 1 aliphatic rings. The molecule has 1 aromatic rings. The largest absolute Gasteiger partial charge is 0.491 e. The summed E-state index contributed by atoms with van der Waals surface area (Å²) in [6.45, 7) is 4.76. The second kappa shape index (κ2) is 11.3. The van der Waals surface area contributed by atoms with Crippen LogP contribution in [0.5, 0.6) is 5.75 Å². The molecule has 5 nitrogen and oxygen atoms in total. The number of benzene rings is 1. The number of likely N-dealkylation sites (tertiary alicyclic amines) is 1. The van der Waals surface area contributed by atoms with Crippen LogP contribution in [0.4, 0.5) is 0 Å². The Morgan fingerprint density at radius 2 is 2.00 bits per heavy atom. The first-order valence-corrected chi connectivity index (χ1v) is 9.92. The van der Waals surface area contributed by atoms with E-state index in [0.29, 0.717) is 28.4 Å². The van der Waals surface area contributed by atoms with Crippen molar-refractivity contribution in [1.82, 2.24) is 9.80 Å². The van der Waals surface area contributed by atoms with Gasteiger partial charge < -0.3 is 24.4 Å². The van der Waals surface area contributed by atoms with Gasteiger partial charge in [-0.15, -0.1) is 0 Å². The molecule has 1 saturated heterocycles. The van der Waals surface area contributed by atoms with Crippen molar-refractivity contribution in [3.05, 3.63) is 28.2 Å². The van der Waals surface area contributed by atoms with Gasteiger partial charge in [-0.1, -0.05) is 23.2 Å². The number of piperidine rings is 1. The molecule has 0 spiro atoms. The van der Waals surface area contributed by atoms with Gasteiger partial charge in [0.2, 0.25) is 0 Å². The minimum atomic E-state index is -0.527. The van der Waals surface area contributed by atoms with Crippen LogP contribution in [-0.2, 0) is 4.74 Å². The molecule has 1 unspecified atom stereocenters. The lowest BCUT2D eigenvalue weighted by atomic mass is 10.0. The van der Waals surface area contributed by atoms with Gasteiger partial charge in [-0.3, -0.25) is 0 Å². The predicted molar refractivity (Wildman–Crippen MR) is 107 cm³/mol. The van der Waals surface area contributed by atoms with Gasteiger partial charge in [-0.05, 0) is 51.5 Å². The van der Waals surface area contributed by atoms with Gasteiger partial charge >= 0.3 is 0 Å². The van der Waals surface area contributed by atoms with E-state index in [1.807, 2.05) is 0 Å². The molecule has 0 aliphatic carbocycles. The van der Waals surface area contributed by atoms with E-state index in [2.05, 4.69) is 16.8 Å². The summed E-state index contributed by atoms with van der Waals surface area (Å²) in [5, 5.41) is 11.2. The normalized spacial score (nSPS) is 17.6. The summed E-state index contributed by atoms with van der Waals surface area (Å²) in [6.07, 6.45) is 2.80. The molecule has 148 valence electrons. The lowest BCUT2D eigenvalue weighted by Crippen LogP contribution is -2.46. The maximum atomic E-state index is 10.3. The third kappa shape index (κ3) is 7.22. The molecule has 1 N–H and O–H groups in total. The van der Waals surface area contributed by atoms with Crippen LogP contribution in [0.25, 0.3) is 0 Å². The highest BCUT2D eigenvalue weighted by atomic mass is 35.5. The minimum Gasteiger partial charge on any atom is -0.491 e. The van der Waals surface area contributed by atoms with E-state index in [-0.39, 0.29) is 6.61 Å². The van der Waals surface area contributed by atoms with Crippen molar-refractivity contribution >= 4 is 23.2 Å². The molecule has 2 rings (SSSR count). The molecule has 0 amide bonds. The first kappa shape index (κ1) is 21.7. The number of aliphatic hydroxyl groups is 1. The minimum absolute atomic E-state index is 0.245. The number of hydrogen-bond donors (Lipinski definition) is 1. The van der Waals surface area contributed by atoms with Crippen molar-refractivity contribution in [2.75, 3.05) is 53.6 Å². The van der Waals surface area contributed by atoms with Crippen LogP contribution in [0.1, 0.15) is 19.3 Å². The Hall–Kier alpha value is -0.560. The molecule has 0 bridgehead atoms. The van der Waals surface area contributed by atoms with Crippen LogP contribution in [0.15, 0.2) is 18.2 Å². The smallest absolute Gasteiger partial charge is 0.121 e. The van der Waals surface area contributed by atoms with Crippen molar-refractivity contribution < 1.29 is 14.6 Å². The van der Waals surface area contributed by atoms with Crippen molar-refractivity contribution in [2.45, 2.75) is 31.4 Å². The zero-order valence-corrected chi connectivity index (χ0v) is 17.2. The molecule has 7 heteroatoms. The quantitative estimate of drug-likeness (QED) is 0.606. The molecule has 0 radical (unpaired) electrons. The number of β-amino-alcohol motifs (C(OH)–C–C–N with tert-alkyl or cyclic N) is 1. The first-order chi connectivity index (χ1) is 12.5. The molecular formula is C19H30Cl2N2O3.